The molecule has 1 unspecified atom stereocenters. The van der Waals surface area contributed by atoms with Gasteiger partial charge in [-0.2, -0.15) is 0 Å². The zero-order valence-corrected chi connectivity index (χ0v) is 21.9. The summed E-state index contributed by atoms with van der Waals surface area (Å²) in [6, 6.07) is 21.1. The summed E-state index contributed by atoms with van der Waals surface area (Å²) < 4.78 is 11.6. The van der Waals surface area contributed by atoms with Crippen LogP contribution in [0.2, 0.25) is 0 Å². The monoisotopic (exact) mass is 512 g/mol. The van der Waals surface area contributed by atoms with Gasteiger partial charge >= 0.3 is 0 Å². The van der Waals surface area contributed by atoms with Crippen molar-refractivity contribution < 1.29 is 24.2 Å². The van der Waals surface area contributed by atoms with E-state index >= 15 is 0 Å². The molecular weight excluding hydrogens is 480 g/mol. The van der Waals surface area contributed by atoms with E-state index < -0.39 is 17.7 Å². The number of aryl methyl sites for hydroxylation is 1. The smallest absolute Gasteiger partial charge is 0.295 e. The summed E-state index contributed by atoms with van der Waals surface area (Å²) in [5.41, 5.74) is 1.89. The summed E-state index contributed by atoms with van der Waals surface area (Å²) in [6.45, 7) is 6.69. The van der Waals surface area contributed by atoms with Crippen LogP contribution in [0.3, 0.4) is 0 Å². The Balaban J connectivity index is 1.79. The first-order valence-electron chi connectivity index (χ1n) is 12.4. The Morgan fingerprint density at radius 2 is 1.74 bits per heavy atom. The van der Waals surface area contributed by atoms with E-state index in [1.165, 1.54) is 4.90 Å². The number of likely N-dealkylation sites (tertiary alicyclic amines) is 1. The Hall–Kier alpha value is -4.36. The van der Waals surface area contributed by atoms with E-state index in [2.05, 4.69) is 6.58 Å². The van der Waals surface area contributed by atoms with Crippen LogP contribution in [0.15, 0.2) is 91.0 Å². The zero-order valence-electron chi connectivity index (χ0n) is 21.9. The number of amides is 1. The summed E-state index contributed by atoms with van der Waals surface area (Å²) in [5, 5.41) is 11.5. The Morgan fingerprint density at radius 1 is 1.00 bits per heavy atom. The molecule has 1 amide bonds. The van der Waals surface area contributed by atoms with Gasteiger partial charge in [-0.25, -0.2) is 0 Å². The van der Waals surface area contributed by atoms with Gasteiger partial charge in [0.05, 0.1) is 11.6 Å². The minimum Gasteiger partial charge on any atom is -0.507 e. The van der Waals surface area contributed by atoms with Crippen molar-refractivity contribution in [1.29, 1.82) is 0 Å². The SMILES string of the molecule is C=CCOc1ccc(/C(O)=C2\C(=O)C(=O)N(CCN(C)C)C2c2cccc(Oc3ccccc3)c2)c(C)c1. The molecule has 3 aromatic rings. The first-order chi connectivity index (χ1) is 18.3. The number of benzene rings is 3. The number of rotatable bonds is 10. The van der Waals surface area contributed by atoms with E-state index in [1.54, 1.807) is 30.3 Å². The number of hydrogen-bond acceptors (Lipinski definition) is 6. The molecule has 7 nitrogen and oxygen atoms in total. The van der Waals surface area contributed by atoms with Crippen molar-refractivity contribution in [2.45, 2.75) is 13.0 Å². The number of hydrogen-bond donors (Lipinski definition) is 1. The average molecular weight is 513 g/mol. The maximum absolute atomic E-state index is 13.4. The molecule has 0 saturated carbocycles. The fourth-order valence-electron chi connectivity index (χ4n) is 4.43. The number of aliphatic hydroxyl groups excluding tert-OH is 1. The third-order valence-corrected chi connectivity index (χ3v) is 6.30. The minimum absolute atomic E-state index is 0.0495. The van der Waals surface area contributed by atoms with Crippen LogP contribution < -0.4 is 9.47 Å². The van der Waals surface area contributed by atoms with Crippen molar-refractivity contribution in [2.24, 2.45) is 0 Å². The largest absolute Gasteiger partial charge is 0.507 e. The lowest BCUT2D eigenvalue weighted by atomic mass is 9.93. The van der Waals surface area contributed by atoms with Gasteiger partial charge in [0.2, 0.25) is 0 Å². The van der Waals surface area contributed by atoms with Crippen molar-refractivity contribution >= 4 is 17.4 Å². The number of ether oxygens (including phenoxy) is 2. The molecule has 196 valence electrons. The third-order valence-electron chi connectivity index (χ3n) is 6.30. The molecule has 1 aliphatic heterocycles. The summed E-state index contributed by atoms with van der Waals surface area (Å²) in [7, 11) is 3.80. The standard InChI is InChI=1S/C31H32N2O5/c1-5-18-37-24-14-15-26(21(2)19-24)29(34)27-28(33(17-16-32(3)4)31(36)30(27)35)22-10-9-13-25(20-22)38-23-11-7-6-8-12-23/h5-15,19-20,28,34H,1,16-18H2,2-4H3/b29-27+. The fraction of sp³-hybridized carbons (Fsp3) is 0.226. The highest BCUT2D eigenvalue weighted by Crippen LogP contribution is 2.41. The molecule has 0 aromatic heterocycles. The molecule has 0 bridgehead atoms. The molecular formula is C31H32N2O5. The maximum atomic E-state index is 13.4. The van der Waals surface area contributed by atoms with Crippen LogP contribution in [0.5, 0.6) is 17.2 Å². The number of nitrogens with zero attached hydrogens (tertiary/aromatic N) is 2. The average Bonchev–Trinajstić information content (AvgIpc) is 3.16. The highest BCUT2D eigenvalue weighted by atomic mass is 16.5. The van der Waals surface area contributed by atoms with E-state index in [1.807, 2.05) is 74.4 Å². The molecule has 1 aliphatic rings. The predicted octanol–water partition coefficient (Wildman–Crippen LogP) is 5.34. The molecule has 7 heteroatoms. The van der Waals surface area contributed by atoms with Crippen LogP contribution in [0.25, 0.3) is 5.76 Å². The summed E-state index contributed by atoms with van der Waals surface area (Å²) in [4.78, 5) is 30.1. The summed E-state index contributed by atoms with van der Waals surface area (Å²) in [5.74, 6) is 0.270. The third kappa shape index (κ3) is 5.79. The Bertz CT molecular complexity index is 1360. The van der Waals surface area contributed by atoms with E-state index in [0.717, 1.165) is 0 Å². The fourth-order valence-corrected chi connectivity index (χ4v) is 4.43. The lowest BCUT2D eigenvalue weighted by Gasteiger charge is -2.27. The highest BCUT2D eigenvalue weighted by Gasteiger charge is 2.46. The van der Waals surface area contributed by atoms with Gasteiger partial charge in [-0.3, -0.25) is 9.59 Å². The number of carbonyl (C=O) groups is 2. The van der Waals surface area contributed by atoms with Gasteiger partial charge in [-0.05, 0) is 74.6 Å². The Morgan fingerprint density at radius 3 is 2.42 bits per heavy atom. The van der Waals surface area contributed by atoms with Gasteiger partial charge in [0.15, 0.2) is 0 Å². The van der Waals surface area contributed by atoms with Crippen molar-refractivity contribution in [3.8, 4) is 17.2 Å². The van der Waals surface area contributed by atoms with Crippen LogP contribution in [-0.2, 0) is 9.59 Å². The van der Waals surface area contributed by atoms with Crippen molar-refractivity contribution in [3.05, 3.63) is 108 Å². The molecule has 1 heterocycles. The highest BCUT2D eigenvalue weighted by molar-refractivity contribution is 6.46. The lowest BCUT2D eigenvalue weighted by molar-refractivity contribution is -0.140. The molecule has 1 N–H and O–H groups in total. The molecule has 1 atom stereocenters. The van der Waals surface area contributed by atoms with Gasteiger partial charge in [0, 0.05) is 18.7 Å². The molecule has 0 radical (unpaired) electrons. The van der Waals surface area contributed by atoms with Gasteiger partial charge in [0.25, 0.3) is 11.7 Å². The molecule has 3 aromatic carbocycles. The van der Waals surface area contributed by atoms with Crippen LogP contribution in [0.1, 0.15) is 22.7 Å². The minimum atomic E-state index is -0.773. The first kappa shape index (κ1) is 26.7. The molecule has 0 aliphatic carbocycles. The normalized spacial score (nSPS) is 16.6. The van der Waals surface area contributed by atoms with E-state index in [4.69, 9.17) is 9.47 Å². The molecule has 38 heavy (non-hydrogen) atoms. The van der Waals surface area contributed by atoms with Crippen LogP contribution in [-0.4, -0.2) is 60.4 Å². The second-order valence-corrected chi connectivity index (χ2v) is 9.36. The van der Waals surface area contributed by atoms with Gasteiger partial charge < -0.3 is 24.4 Å². The summed E-state index contributed by atoms with van der Waals surface area (Å²) >= 11 is 0. The maximum Gasteiger partial charge on any atom is 0.295 e. The van der Waals surface area contributed by atoms with Gasteiger partial charge in [0.1, 0.15) is 29.6 Å². The Kier molecular flexibility index (Phi) is 8.28. The number of likely N-dealkylation sites (N-methyl/N-ethyl adjacent to an activating group) is 1. The van der Waals surface area contributed by atoms with E-state index in [0.29, 0.717) is 53.6 Å². The van der Waals surface area contributed by atoms with Crippen LogP contribution in [0, 0.1) is 6.92 Å². The second kappa shape index (κ2) is 11.8. The number of ketones is 1. The van der Waals surface area contributed by atoms with E-state index in [-0.39, 0.29) is 11.3 Å². The van der Waals surface area contributed by atoms with Gasteiger partial charge in [-0.15, -0.1) is 0 Å². The molecule has 0 spiro atoms. The van der Waals surface area contributed by atoms with Gasteiger partial charge in [-0.1, -0.05) is 43.0 Å². The number of carbonyl (C=O) groups excluding carboxylic acids is 2. The number of aliphatic hydroxyl groups is 1. The lowest BCUT2D eigenvalue weighted by Crippen LogP contribution is -2.35. The van der Waals surface area contributed by atoms with E-state index in [9.17, 15) is 14.7 Å². The molecule has 1 fully saturated rings. The van der Waals surface area contributed by atoms with Crippen molar-refractivity contribution in [1.82, 2.24) is 9.80 Å². The Labute approximate surface area is 223 Å². The molecule has 1 saturated heterocycles. The number of para-hydroxylation sites is 1. The van der Waals surface area contributed by atoms with Crippen LogP contribution >= 0.6 is 0 Å². The predicted molar refractivity (Wildman–Crippen MR) is 147 cm³/mol. The van der Waals surface area contributed by atoms with Crippen LogP contribution in [0.4, 0.5) is 0 Å². The van der Waals surface area contributed by atoms with Crippen molar-refractivity contribution in [3.63, 3.8) is 0 Å². The second-order valence-electron chi connectivity index (χ2n) is 9.36. The van der Waals surface area contributed by atoms with Crippen molar-refractivity contribution in [2.75, 3.05) is 33.8 Å². The topological polar surface area (TPSA) is 79.3 Å². The summed E-state index contributed by atoms with van der Waals surface area (Å²) in [6.07, 6.45) is 1.65. The first-order valence-corrected chi connectivity index (χ1v) is 12.4. The number of Topliss-reactive ketones (excluding diaryl/α,β-unsaturated/α-hetero) is 1. The quantitative estimate of drug-likeness (QED) is 0.171. The zero-order chi connectivity index (χ0) is 27.2. The molecule has 4 rings (SSSR count).